The first-order chi connectivity index (χ1) is 13.0. The molecule has 0 unspecified atom stereocenters. The van der Waals surface area contributed by atoms with Crippen LogP contribution in [0, 0.1) is 0 Å². The molecule has 2 amide bonds. The van der Waals surface area contributed by atoms with Crippen LogP contribution in [-0.4, -0.2) is 10.9 Å². The topological polar surface area (TPSA) is 32.3 Å². The molecule has 27 heavy (non-hydrogen) atoms. The lowest BCUT2D eigenvalue weighted by atomic mass is 10.2. The predicted octanol–water partition coefficient (Wildman–Crippen LogP) is 6.88. The first-order valence-corrected chi connectivity index (χ1v) is 9.44. The highest BCUT2D eigenvalue weighted by molar-refractivity contribution is 6.44. The molecule has 1 N–H and O–H groups in total. The highest BCUT2D eigenvalue weighted by Gasteiger charge is 2.17. The predicted molar refractivity (Wildman–Crippen MR) is 113 cm³/mol. The number of benzene rings is 3. The first kappa shape index (κ1) is 19.6. The molecule has 0 atom stereocenters. The summed E-state index contributed by atoms with van der Waals surface area (Å²) in [6, 6.07) is 22.4. The van der Waals surface area contributed by atoms with Gasteiger partial charge in [0.25, 0.3) is 0 Å². The van der Waals surface area contributed by atoms with E-state index in [4.69, 9.17) is 34.8 Å². The summed E-state index contributed by atoms with van der Waals surface area (Å²) in [7, 11) is 0. The molecule has 0 saturated carbocycles. The number of halogens is 3. The van der Waals surface area contributed by atoms with Crippen LogP contribution in [0.5, 0.6) is 0 Å². The van der Waals surface area contributed by atoms with Gasteiger partial charge in [-0.2, -0.15) is 0 Å². The Labute approximate surface area is 173 Å². The highest BCUT2D eigenvalue weighted by Crippen LogP contribution is 2.32. The SMILES string of the molecule is O=C(Nc1cc(Cl)c(Cl)cc1Cl)N(Cc1ccccc1)Cc1ccccc1. The van der Waals surface area contributed by atoms with Crippen LogP contribution in [0.2, 0.25) is 15.1 Å². The van der Waals surface area contributed by atoms with Gasteiger partial charge in [0.2, 0.25) is 0 Å². The molecule has 3 rings (SSSR count). The van der Waals surface area contributed by atoms with Gasteiger partial charge in [-0.3, -0.25) is 0 Å². The highest BCUT2D eigenvalue weighted by atomic mass is 35.5. The Bertz CT molecular complexity index is 876. The fourth-order valence-electron chi connectivity index (χ4n) is 2.62. The molecule has 3 nitrogen and oxygen atoms in total. The van der Waals surface area contributed by atoms with Gasteiger partial charge in [0.05, 0.1) is 20.8 Å². The molecule has 3 aromatic carbocycles. The zero-order valence-corrected chi connectivity index (χ0v) is 16.6. The average Bonchev–Trinajstić information content (AvgIpc) is 2.67. The summed E-state index contributed by atoms with van der Waals surface area (Å²) in [4.78, 5) is 14.7. The van der Waals surface area contributed by atoms with Gasteiger partial charge in [-0.25, -0.2) is 4.79 Å². The molecule has 0 saturated heterocycles. The van der Waals surface area contributed by atoms with Crippen LogP contribution in [0.3, 0.4) is 0 Å². The Balaban J connectivity index is 1.82. The summed E-state index contributed by atoms with van der Waals surface area (Å²) < 4.78 is 0. The van der Waals surface area contributed by atoms with E-state index in [0.29, 0.717) is 33.8 Å². The van der Waals surface area contributed by atoms with Crippen LogP contribution < -0.4 is 5.32 Å². The number of hydrogen-bond donors (Lipinski definition) is 1. The second kappa shape index (κ2) is 9.14. The number of carbonyl (C=O) groups excluding carboxylic acids is 1. The second-order valence-electron chi connectivity index (χ2n) is 6.00. The minimum Gasteiger partial charge on any atom is -0.316 e. The Kier molecular flexibility index (Phi) is 6.62. The monoisotopic (exact) mass is 418 g/mol. The molecule has 0 aliphatic heterocycles. The maximum absolute atomic E-state index is 12.9. The molecular weight excluding hydrogens is 403 g/mol. The van der Waals surface area contributed by atoms with Gasteiger partial charge >= 0.3 is 6.03 Å². The number of hydrogen-bond acceptors (Lipinski definition) is 1. The lowest BCUT2D eigenvalue weighted by molar-refractivity contribution is 0.206. The molecule has 0 radical (unpaired) electrons. The molecular formula is C21H17Cl3N2O. The van der Waals surface area contributed by atoms with E-state index >= 15 is 0 Å². The minimum absolute atomic E-state index is 0.275. The van der Waals surface area contributed by atoms with Crippen LogP contribution in [0.4, 0.5) is 10.5 Å². The number of carbonyl (C=O) groups is 1. The molecule has 0 spiro atoms. The van der Waals surface area contributed by atoms with E-state index in [2.05, 4.69) is 5.32 Å². The van der Waals surface area contributed by atoms with E-state index in [9.17, 15) is 4.79 Å². The number of nitrogens with one attached hydrogen (secondary N) is 1. The fourth-order valence-corrected chi connectivity index (χ4v) is 3.21. The van der Waals surface area contributed by atoms with Crippen molar-refractivity contribution in [1.82, 2.24) is 4.90 Å². The van der Waals surface area contributed by atoms with Gasteiger partial charge in [-0.1, -0.05) is 95.5 Å². The van der Waals surface area contributed by atoms with Gasteiger partial charge in [0.15, 0.2) is 0 Å². The van der Waals surface area contributed by atoms with Crippen molar-refractivity contribution in [3.05, 3.63) is 99.0 Å². The lowest BCUT2D eigenvalue weighted by Gasteiger charge is -2.24. The molecule has 0 bridgehead atoms. The molecule has 3 aromatic rings. The number of urea groups is 1. The standard InChI is InChI=1S/C21H17Cl3N2O/c22-17-11-19(24)20(12-18(17)23)25-21(27)26(13-15-7-3-1-4-8-15)14-16-9-5-2-6-10-16/h1-12H,13-14H2,(H,25,27). The van der Waals surface area contributed by atoms with Crippen molar-refractivity contribution in [2.24, 2.45) is 0 Å². The van der Waals surface area contributed by atoms with Crippen molar-refractivity contribution >= 4 is 46.5 Å². The average molecular weight is 420 g/mol. The Hall–Kier alpha value is -2.20. The molecule has 0 aliphatic rings. The quantitative estimate of drug-likeness (QED) is 0.449. The Morgan fingerprint density at radius 1 is 0.741 bits per heavy atom. The molecule has 0 heterocycles. The van der Waals surface area contributed by atoms with Crippen molar-refractivity contribution in [2.75, 3.05) is 5.32 Å². The van der Waals surface area contributed by atoms with Crippen molar-refractivity contribution < 1.29 is 4.79 Å². The summed E-state index contributed by atoms with van der Waals surface area (Å²) in [6.45, 7) is 0.918. The zero-order chi connectivity index (χ0) is 19.2. The van der Waals surface area contributed by atoms with Crippen LogP contribution in [-0.2, 0) is 13.1 Å². The van der Waals surface area contributed by atoms with Crippen molar-refractivity contribution in [2.45, 2.75) is 13.1 Å². The Morgan fingerprint density at radius 2 is 1.22 bits per heavy atom. The van der Waals surface area contributed by atoms with Crippen LogP contribution in [0.25, 0.3) is 0 Å². The number of nitrogens with zero attached hydrogens (tertiary/aromatic N) is 1. The third-order valence-corrected chi connectivity index (χ3v) is 5.01. The van der Waals surface area contributed by atoms with Crippen LogP contribution in [0.1, 0.15) is 11.1 Å². The van der Waals surface area contributed by atoms with Gasteiger partial charge in [0.1, 0.15) is 0 Å². The minimum atomic E-state index is -0.275. The third-order valence-electron chi connectivity index (χ3n) is 3.97. The summed E-state index contributed by atoms with van der Waals surface area (Å²) in [5, 5.41) is 3.83. The van der Waals surface area contributed by atoms with Crippen molar-refractivity contribution in [3.8, 4) is 0 Å². The van der Waals surface area contributed by atoms with Gasteiger partial charge in [-0.15, -0.1) is 0 Å². The number of amides is 2. The lowest BCUT2D eigenvalue weighted by Crippen LogP contribution is -2.34. The summed E-state index contributed by atoms with van der Waals surface area (Å²) in [5.74, 6) is 0. The molecule has 138 valence electrons. The van der Waals surface area contributed by atoms with Gasteiger partial charge in [0, 0.05) is 13.1 Å². The number of anilines is 1. The summed E-state index contributed by atoms with van der Waals surface area (Å²) in [5.41, 5.74) is 2.48. The van der Waals surface area contributed by atoms with E-state index in [1.54, 1.807) is 11.0 Å². The first-order valence-electron chi connectivity index (χ1n) is 8.31. The summed E-state index contributed by atoms with van der Waals surface area (Å²) >= 11 is 18.2. The van der Waals surface area contributed by atoms with Crippen LogP contribution >= 0.6 is 34.8 Å². The largest absolute Gasteiger partial charge is 0.322 e. The van der Waals surface area contributed by atoms with E-state index in [-0.39, 0.29) is 6.03 Å². The van der Waals surface area contributed by atoms with E-state index < -0.39 is 0 Å². The van der Waals surface area contributed by atoms with E-state index in [1.165, 1.54) is 6.07 Å². The second-order valence-corrected chi connectivity index (χ2v) is 7.23. The van der Waals surface area contributed by atoms with E-state index in [0.717, 1.165) is 11.1 Å². The molecule has 0 fully saturated rings. The number of rotatable bonds is 5. The van der Waals surface area contributed by atoms with Gasteiger partial charge < -0.3 is 10.2 Å². The molecule has 0 aromatic heterocycles. The maximum Gasteiger partial charge on any atom is 0.322 e. The zero-order valence-electron chi connectivity index (χ0n) is 14.3. The van der Waals surface area contributed by atoms with Crippen molar-refractivity contribution in [1.29, 1.82) is 0 Å². The van der Waals surface area contributed by atoms with Crippen molar-refractivity contribution in [3.63, 3.8) is 0 Å². The van der Waals surface area contributed by atoms with Gasteiger partial charge in [-0.05, 0) is 23.3 Å². The fraction of sp³-hybridized carbons (Fsp3) is 0.0952. The maximum atomic E-state index is 12.9. The summed E-state index contributed by atoms with van der Waals surface area (Å²) in [6.07, 6.45) is 0. The Morgan fingerprint density at radius 3 is 1.74 bits per heavy atom. The van der Waals surface area contributed by atoms with Crippen LogP contribution in [0.15, 0.2) is 72.8 Å². The molecule has 0 aliphatic carbocycles. The molecule has 6 heteroatoms. The third kappa shape index (κ3) is 5.39. The van der Waals surface area contributed by atoms with E-state index in [1.807, 2.05) is 60.7 Å². The smallest absolute Gasteiger partial charge is 0.316 e. The normalized spacial score (nSPS) is 10.5.